The molecule has 1 amide bonds. The molecule has 2 saturated heterocycles. The van der Waals surface area contributed by atoms with Crippen molar-refractivity contribution in [1.82, 2.24) is 4.90 Å². The van der Waals surface area contributed by atoms with Gasteiger partial charge in [-0.2, -0.15) is 0 Å². The first-order chi connectivity index (χ1) is 10.8. The number of fused-ring (bicyclic) bond motifs is 2. The fourth-order valence-corrected chi connectivity index (χ4v) is 5.20. The molecule has 0 N–H and O–H groups in total. The zero-order valence-corrected chi connectivity index (χ0v) is 15.5. The van der Waals surface area contributed by atoms with E-state index < -0.39 is 5.60 Å². The number of ether oxygens (including phenoxy) is 1. The Balaban J connectivity index is 1.64. The summed E-state index contributed by atoms with van der Waals surface area (Å²) in [6.07, 6.45) is 4.11. The molecule has 2 bridgehead atoms. The molecule has 2 aliphatic rings. The minimum absolute atomic E-state index is 0.142. The van der Waals surface area contributed by atoms with E-state index in [-0.39, 0.29) is 6.09 Å². The van der Waals surface area contributed by atoms with Crippen LogP contribution < -0.4 is 0 Å². The number of rotatable bonds is 2. The number of halogens is 1. The zero-order valence-electron chi connectivity index (χ0n) is 13.9. The summed E-state index contributed by atoms with van der Waals surface area (Å²) in [5.41, 5.74) is -0.428. The van der Waals surface area contributed by atoms with Crippen molar-refractivity contribution in [3.63, 3.8) is 0 Å². The molecule has 2 fully saturated rings. The molecule has 3 rings (SSSR count). The van der Waals surface area contributed by atoms with Gasteiger partial charge in [0.05, 0.1) is 0 Å². The van der Waals surface area contributed by atoms with Crippen molar-refractivity contribution >= 4 is 29.5 Å². The maximum Gasteiger partial charge on any atom is 0.410 e. The molecule has 1 aromatic carbocycles. The van der Waals surface area contributed by atoms with Gasteiger partial charge in [0, 0.05) is 27.3 Å². The minimum atomic E-state index is -0.428. The molecule has 126 valence electrons. The highest BCUT2D eigenvalue weighted by Gasteiger charge is 2.44. The van der Waals surface area contributed by atoms with Gasteiger partial charge in [-0.3, -0.25) is 0 Å². The molecular weight excluding hydrogens is 330 g/mol. The maximum absolute atomic E-state index is 12.5. The largest absolute Gasteiger partial charge is 0.444 e. The summed E-state index contributed by atoms with van der Waals surface area (Å²) >= 11 is 7.97. The molecule has 3 nitrogen and oxygen atoms in total. The normalized spacial score (nSPS) is 27.1. The number of hydrogen-bond donors (Lipinski definition) is 0. The number of piperidine rings is 1. The van der Waals surface area contributed by atoms with E-state index in [9.17, 15) is 4.79 Å². The van der Waals surface area contributed by atoms with E-state index in [1.54, 1.807) is 0 Å². The minimum Gasteiger partial charge on any atom is -0.444 e. The summed E-state index contributed by atoms with van der Waals surface area (Å²) in [6.45, 7) is 5.78. The predicted octanol–water partition coefficient (Wildman–Crippen LogP) is 5.36. The van der Waals surface area contributed by atoms with Gasteiger partial charge in [-0.05, 0) is 64.7 Å². The second kappa shape index (κ2) is 6.56. The van der Waals surface area contributed by atoms with Crippen molar-refractivity contribution < 1.29 is 9.53 Å². The second-order valence-corrected chi connectivity index (χ2v) is 9.25. The number of amides is 1. The number of carbonyl (C=O) groups is 1. The lowest BCUT2D eigenvalue weighted by Gasteiger charge is -2.39. The van der Waals surface area contributed by atoms with Crippen LogP contribution in [0, 0.1) is 0 Å². The first-order valence-electron chi connectivity index (χ1n) is 8.25. The van der Waals surface area contributed by atoms with Gasteiger partial charge in [0.2, 0.25) is 0 Å². The average molecular weight is 354 g/mol. The maximum atomic E-state index is 12.5. The smallest absolute Gasteiger partial charge is 0.410 e. The van der Waals surface area contributed by atoms with Crippen LogP contribution in [0.2, 0.25) is 5.02 Å². The Hall–Kier alpha value is -0.870. The molecule has 0 aliphatic carbocycles. The number of thioether (sulfide) groups is 1. The third-order valence-electron chi connectivity index (χ3n) is 4.39. The van der Waals surface area contributed by atoms with Gasteiger partial charge in [-0.1, -0.05) is 17.7 Å². The third kappa shape index (κ3) is 4.16. The van der Waals surface area contributed by atoms with Crippen molar-refractivity contribution in [2.24, 2.45) is 0 Å². The van der Waals surface area contributed by atoms with Crippen LogP contribution in [-0.4, -0.2) is 33.9 Å². The molecule has 23 heavy (non-hydrogen) atoms. The van der Waals surface area contributed by atoms with Crippen LogP contribution in [0.5, 0.6) is 0 Å². The Morgan fingerprint density at radius 1 is 1.26 bits per heavy atom. The van der Waals surface area contributed by atoms with Gasteiger partial charge >= 0.3 is 6.09 Å². The summed E-state index contributed by atoms with van der Waals surface area (Å²) in [6, 6.07) is 8.67. The van der Waals surface area contributed by atoms with Crippen molar-refractivity contribution in [3.05, 3.63) is 29.3 Å². The van der Waals surface area contributed by atoms with Crippen molar-refractivity contribution in [3.8, 4) is 0 Å². The van der Waals surface area contributed by atoms with Crippen LogP contribution in [-0.2, 0) is 4.74 Å². The first kappa shape index (κ1) is 17.0. The molecule has 5 heteroatoms. The molecule has 0 saturated carbocycles. The monoisotopic (exact) mass is 353 g/mol. The third-order valence-corrected chi connectivity index (χ3v) is 5.87. The Morgan fingerprint density at radius 3 is 2.48 bits per heavy atom. The summed E-state index contributed by atoms with van der Waals surface area (Å²) in [5, 5.41) is 1.33. The second-order valence-electron chi connectivity index (χ2n) is 7.44. The fourth-order valence-electron chi connectivity index (χ4n) is 3.57. The van der Waals surface area contributed by atoms with E-state index in [0.29, 0.717) is 17.3 Å². The average Bonchev–Trinajstić information content (AvgIpc) is 2.69. The Bertz CT molecular complexity index is 573. The van der Waals surface area contributed by atoms with Crippen LogP contribution in [0.25, 0.3) is 0 Å². The molecule has 3 atom stereocenters. The highest BCUT2D eigenvalue weighted by Crippen LogP contribution is 2.43. The van der Waals surface area contributed by atoms with E-state index >= 15 is 0 Å². The van der Waals surface area contributed by atoms with Crippen LogP contribution in [0.4, 0.5) is 4.79 Å². The molecule has 0 spiro atoms. The number of nitrogens with zero attached hydrogens (tertiary/aromatic N) is 1. The SMILES string of the molecule is CC(C)(C)OC(=O)N1[C@@H]2CC[C@H]1CC(Sc1cccc(Cl)c1)C2. The summed E-state index contributed by atoms with van der Waals surface area (Å²) in [4.78, 5) is 15.7. The predicted molar refractivity (Wildman–Crippen MR) is 95.2 cm³/mol. The highest BCUT2D eigenvalue weighted by molar-refractivity contribution is 8.00. The lowest BCUT2D eigenvalue weighted by molar-refractivity contribution is 0.00842. The van der Waals surface area contributed by atoms with Crippen molar-refractivity contribution in [2.75, 3.05) is 0 Å². The van der Waals surface area contributed by atoms with Gasteiger partial charge < -0.3 is 9.64 Å². The lowest BCUT2D eigenvalue weighted by Crippen LogP contribution is -2.49. The van der Waals surface area contributed by atoms with Crippen molar-refractivity contribution in [1.29, 1.82) is 0 Å². The zero-order chi connectivity index (χ0) is 16.6. The fraction of sp³-hybridized carbons (Fsp3) is 0.611. The van der Waals surface area contributed by atoms with Crippen LogP contribution >= 0.6 is 23.4 Å². The first-order valence-corrected chi connectivity index (χ1v) is 9.51. The molecule has 0 radical (unpaired) electrons. The van der Waals surface area contributed by atoms with Crippen LogP contribution in [0.15, 0.2) is 29.2 Å². The Kier molecular flexibility index (Phi) is 4.84. The summed E-state index contributed by atoms with van der Waals surface area (Å²) < 4.78 is 5.59. The van der Waals surface area contributed by atoms with Gasteiger partial charge in [0.25, 0.3) is 0 Å². The van der Waals surface area contributed by atoms with E-state index in [1.165, 1.54) is 4.90 Å². The van der Waals surface area contributed by atoms with Crippen LogP contribution in [0.3, 0.4) is 0 Å². The van der Waals surface area contributed by atoms with Gasteiger partial charge in [-0.25, -0.2) is 4.79 Å². The Labute approximate surface area is 147 Å². The highest BCUT2D eigenvalue weighted by atomic mass is 35.5. The molecule has 0 aromatic heterocycles. The van der Waals surface area contributed by atoms with Crippen molar-refractivity contribution in [2.45, 2.75) is 74.3 Å². The van der Waals surface area contributed by atoms with Gasteiger partial charge in [-0.15, -0.1) is 11.8 Å². The standard InChI is InChI=1S/C18H24ClNO2S/c1-18(2,3)22-17(21)20-13-7-8-14(20)11-16(10-13)23-15-6-4-5-12(19)9-15/h4-6,9,13-14,16H,7-8,10-11H2,1-3H3/t13-,14+,16?. The van der Waals surface area contributed by atoms with E-state index in [4.69, 9.17) is 16.3 Å². The topological polar surface area (TPSA) is 29.5 Å². The number of carbonyl (C=O) groups excluding carboxylic acids is 1. The molecular formula is C18H24ClNO2S. The van der Waals surface area contributed by atoms with Gasteiger partial charge in [0.15, 0.2) is 0 Å². The summed E-state index contributed by atoms with van der Waals surface area (Å²) in [7, 11) is 0. The molecule has 2 aliphatic heterocycles. The van der Waals surface area contributed by atoms with Gasteiger partial charge in [0.1, 0.15) is 5.60 Å². The molecule has 1 unspecified atom stereocenters. The van der Waals surface area contributed by atoms with E-state index in [0.717, 1.165) is 30.7 Å². The lowest BCUT2D eigenvalue weighted by atomic mass is 10.0. The quantitative estimate of drug-likeness (QED) is 0.716. The van der Waals surface area contributed by atoms with E-state index in [2.05, 4.69) is 6.07 Å². The number of benzene rings is 1. The number of hydrogen-bond acceptors (Lipinski definition) is 3. The molecule has 2 heterocycles. The summed E-state index contributed by atoms with van der Waals surface area (Å²) in [5.74, 6) is 0. The molecule has 1 aromatic rings. The van der Waals surface area contributed by atoms with Crippen LogP contribution in [0.1, 0.15) is 46.5 Å². The van der Waals surface area contributed by atoms with E-state index in [1.807, 2.05) is 55.6 Å². The Morgan fingerprint density at radius 2 is 1.91 bits per heavy atom.